The Labute approximate surface area is 466 Å². The smallest absolute Gasteiger partial charge is 0.0607 e. The van der Waals surface area contributed by atoms with Gasteiger partial charge in [-0.2, -0.15) is 0 Å². The maximum atomic E-state index is 5.30. The fourth-order valence-electron chi connectivity index (χ4n) is 12.9. The van der Waals surface area contributed by atoms with E-state index >= 15 is 0 Å². The highest BCUT2D eigenvalue weighted by Gasteiger charge is 2.48. The van der Waals surface area contributed by atoms with Crippen LogP contribution in [-0.2, 0) is 16.2 Å². The molecule has 78 heavy (non-hydrogen) atoms. The van der Waals surface area contributed by atoms with Crippen molar-refractivity contribution in [3.05, 3.63) is 228 Å². The first-order chi connectivity index (χ1) is 37.1. The number of aromatic nitrogens is 1. The Balaban J connectivity index is 1.39. The minimum atomic E-state index is -0.669. The van der Waals surface area contributed by atoms with Crippen LogP contribution in [0, 0.1) is 17.3 Å². The lowest BCUT2D eigenvalue weighted by molar-refractivity contribution is 0.356. The molecule has 0 saturated carbocycles. The predicted octanol–water partition coefficient (Wildman–Crippen LogP) is 21.0. The van der Waals surface area contributed by atoms with Gasteiger partial charge in [-0.1, -0.05) is 260 Å². The second-order valence-corrected chi connectivity index (χ2v) is 26.2. The van der Waals surface area contributed by atoms with Crippen molar-refractivity contribution in [2.24, 2.45) is 17.3 Å². The molecule has 1 N–H and O–H groups in total. The zero-order valence-electron chi connectivity index (χ0n) is 48.9. The van der Waals surface area contributed by atoms with Crippen molar-refractivity contribution in [3.8, 4) is 33.4 Å². The molecule has 3 heterocycles. The van der Waals surface area contributed by atoms with E-state index in [1.807, 2.05) is 0 Å². The van der Waals surface area contributed by atoms with E-state index in [2.05, 4.69) is 289 Å². The highest BCUT2D eigenvalue weighted by atomic mass is 15.1. The van der Waals surface area contributed by atoms with Gasteiger partial charge in [0.2, 0.25) is 0 Å². The maximum absolute atomic E-state index is 5.30. The Hall–Kier alpha value is -7.42. The molecule has 394 valence electrons. The van der Waals surface area contributed by atoms with Crippen LogP contribution in [0.3, 0.4) is 0 Å². The molecule has 0 aliphatic carbocycles. The van der Waals surface area contributed by atoms with Crippen LogP contribution in [0.2, 0.25) is 0 Å². The minimum absolute atomic E-state index is 0.00806. The molecule has 9 aromatic rings. The van der Waals surface area contributed by atoms with Crippen LogP contribution < -0.4 is 5.32 Å². The molecule has 0 saturated heterocycles. The number of hydrogen-bond donors (Lipinski definition) is 1. The molecule has 2 aliphatic heterocycles. The zero-order chi connectivity index (χ0) is 55.2. The third-order valence-corrected chi connectivity index (χ3v) is 17.7. The highest BCUT2D eigenvalue weighted by Crippen LogP contribution is 2.60. The Bertz CT molecular complexity index is 3860. The number of nitrogens with one attached hydrogen (secondary N) is 1. The van der Waals surface area contributed by atoms with E-state index in [0.717, 1.165) is 17.7 Å². The van der Waals surface area contributed by atoms with E-state index < -0.39 is 5.41 Å². The van der Waals surface area contributed by atoms with Gasteiger partial charge in [-0.05, 0) is 142 Å². The van der Waals surface area contributed by atoms with Crippen LogP contribution in [0.25, 0.3) is 88.0 Å². The molecule has 0 bridgehead atoms. The molecule has 2 aliphatic rings. The SMILES string of the molecule is C=C1NC([C@H](C)C(C)C)/C=C/C(=C/C(=C\CC)C(C)(C)C)C2(C)/C(=C\1c1c3ccccc3c(-c3c(-c4ccccc4)cccc3-c3ccccc3)c3ccccc13)n1c3ccc(C(C)(C)C)cc3c3cc(C(C)(C)C)cc2c31. The summed E-state index contributed by atoms with van der Waals surface area (Å²) in [6, 6.07) is 59.8. The molecule has 3 atom stereocenters. The average Bonchev–Trinajstić information content (AvgIpc) is 4.09. The van der Waals surface area contributed by atoms with Gasteiger partial charge in [0.15, 0.2) is 0 Å². The summed E-state index contributed by atoms with van der Waals surface area (Å²) in [4.78, 5) is 0. The summed E-state index contributed by atoms with van der Waals surface area (Å²) in [5, 5.41) is 11.7. The topological polar surface area (TPSA) is 17.0 Å². The fourth-order valence-corrected chi connectivity index (χ4v) is 12.9. The molecular formula is C76H80N2. The van der Waals surface area contributed by atoms with Crippen LogP contribution >= 0.6 is 0 Å². The maximum Gasteiger partial charge on any atom is 0.0607 e. The van der Waals surface area contributed by atoms with Crippen molar-refractivity contribution in [1.82, 2.24) is 9.88 Å². The Morgan fingerprint density at radius 1 is 0.603 bits per heavy atom. The van der Waals surface area contributed by atoms with E-state index in [4.69, 9.17) is 6.58 Å². The van der Waals surface area contributed by atoms with Gasteiger partial charge in [-0.25, -0.2) is 0 Å². The molecule has 2 heteroatoms. The normalized spacial score (nSPS) is 19.6. The molecule has 0 spiro atoms. The largest absolute Gasteiger partial charge is 0.378 e. The lowest BCUT2D eigenvalue weighted by Crippen LogP contribution is -2.35. The highest BCUT2D eigenvalue weighted by molar-refractivity contribution is 6.26. The van der Waals surface area contributed by atoms with Gasteiger partial charge < -0.3 is 9.88 Å². The summed E-state index contributed by atoms with van der Waals surface area (Å²) in [6.45, 7) is 38.5. The van der Waals surface area contributed by atoms with E-state index in [1.165, 1.54) is 116 Å². The van der Waals surface area contributed by atoms with Crippen molar-refractivity contribution in [2.45, 2.75) is 126 Å². The van der Waals surface area contributed by atoms with Crippen LogP contribution in [0.15, 0.2) is 205 Å². The van der Waals surface area contributed by atoms with Crippen LogP contribution in [-0.4, -0.2) is 10.6 Å². The molecule has 8 aromatic carbocycles. The lowest BCUT2D eigenvalue weighted by atomic mass is 9.68. The summed E-state index contributed by atoms with van der Waals surface area (Å²) in [5.41, 5.74) is 20.0. The van der Waals surface area contributed by atoms with Crippen molar-refractivity contribution in [2.75, 3.05) is 0 Å². The number of benzene rings is 8. The number of rotatable bonds is 8. The third kappa shape index (κ3) is 8.71. The van der Waals surface area contributed by atoms with E-state index in [9.17, 15) is 0 Å². The summed E-state index contributed by atoms with van der Waals surface area (Å²) in [5.74, 6) is 0.704. The van der Waals surface area contributed by atoms with Gasteiger partial charge in [0.25, 0.3) is 0 Å². The standard InChI is InChI=1S/C76H80N2/c1-16-28-52(73(6,7)8)43-54-39-41-65(48(4)47(2)3)77-49(5)67(72-76(54,15)64-46-55(75(12,13)14)45-63-62-44-53(74(9,10)11)40-42-66(62)78(72)71(63)64)69-58-33-23-25-35-60(58)70(61-36-26-24-34-59(61)69)68-56(50-29-19-17-20-30-50)37-27-38-57(68)51-31-21-18-22-32-51/h17-48,65,77H,5,16H2,1-4,6-15H3/b41-39+,52-28+,54-43-,72-67-/t48-,65?,76?/m1/s1. The molecule has 0 fully saturated rings. The van der Waals surface area contributed by atoms with Crippen molar-refractivity contribution >= 4 is 54.6 Å². The van der Waals surface area contributed by atoms with Crippen LogP contribution in [0.5, 0.6) is 0 Å². The van der Waals surface area contributed by atoms with Gasteiger partial charge in [0.1, 0.15) is 0 Å². The quantitative estimate of drug-likeness (QED) is 0.150. The summed E-state index contributed by atoms with van der Waals surface area (Å²) in [6.07, 6.45) is 11.0. The third-order valence-electron chi connectivity index (χ3n) is 17.7. The van der Waals surface area contributed by atoms with E-state index in [-0.39, 0.29) is 22.3 Å². The number of nitrogens with zero attached hydrogens (tertiary/aromatic N) is 1. The monoisotopic (exact) mass is 1020 g/mol. The van der Waals surface area contributed by atoms with Crippen LogP contribution in [0.4, 0.5) is 0 Å². The molecule has 0 amide bonds. The van der Waals surface area contributed by atoms with Gasteiger partial charge in [-0.15, -0.1) is 0 Å². The fraction of sp³-hybridized carbons (Fsp3) is 0.289. The van der Waals surface area contributed by atoms with Gasteiger partial charge in [0, 0.05) is 39.3 Å². The second-order valence-electron chi connectivity index (χ2n) is 26.2. The molecule has 2 nitrogen and oxygen atoms in total. The first kappa shape index (κ1) is 52.6. The number of fused-ring (bicyclic) bond motifs is 8. The lowest BCUT2D eigenvalue weighted by Gasteiger charge is -2.35. The van der Waals surface area contributed by atoms with Gasteiger partial charge >= 0.3 is 0 Å². The summed E-state index contributed by atoms with van der Waals surface area (Å²) in [7, 11) is 0. The molecule has 11 rings (SSSR count). The predicted molar refractivity (Wildman–Crippen MR) is 340 cm³/mol. The zero-order valence-corrected chi connectivity index (χ0v) is 48.9. The molecule has 2 unspecified atom stereocenters. The van der Waals surface area contributed by atoms with E-state index in [1.54, 1.807) is 0 Å². The van der Waals surface area contributed by atoms with Gasteiger partial charge in [0.05, 0.1) is 16.4 Å². The summed E-state index contributed by atoms with van der Waals surface area (Å²) < 4.78 is 2.70. The Morgan fingerprint density at radius 2 is 1.13 bits per heavy atom. The first-order valence-electron chi connectivity index (χ1n) is 28.8. The molecule has 0 radical (unpaired) electrons. The first-order valence-corrected chi connectivity index (χ1v) is 28.8. The minimum Gasteiger partial charge on any atom is -0.378 e. The number of allylic oxidation sites excluding steroid dienone is 7. The Morgan fingerprint density at radius 3 is 1.64 bits per heavy atom. The second kappa shape index (κ2) is 19.5. The van der Waals surface area contributed by atoms with Crippen molar-refractivity contribution in [3.63, 3.8) is 0 Å². The summed E-state index contributed by atoms with van der Waals surface area (Å²) >= 11 is 0. The van der Waals surface area contributed by atoms with Crippen LogP contribution in [0.1, 0.15) is 126 Å². The van der Waals surface area contributed by atoms with Crippen molar-refractivity contribution < 1.29 is 0 Å². The van der Waals surface area contributed by atoms with Gasteiger partial charge in [-0.3, -0.25) is 0 Å². The number of hydrogen-bond acceptors (Lipinski definition) is 1. The van der Waals surface area contributed by atoms with E-state index in [0.29, 0.717) is 11.8 Å². The van der Waals surface area contributed by atoms with Crippen molar-refractivity contribution in [1.29, 1.82) is 0 Å². The average molecular weight is 1020 g/mol. The molecule has 1 aromatic heterocycles. The Kier molecular flexibility index (Phi) is 13.1. The molecular weight excluding hydrogens is 941 g/mol.